The molecule has 0 bridgehead atoms. The molecule has 0 radical (unpaired) electrons. The molecule has 0 unspecified atom stereocenters. The second-order valence-corrected chi connectivity index (χ2v) is 6.30. The van der Waals surface area contributed by atoms with Gasteiger partial charge in [-0.05, 0) is 45.7 Å². The molecule has 0 saturated carbocycles. The third kappa shape index (κ3) is 2.83. The number of aliphatic hydroxyl groups excluding tert-OH is 1. The van der Waals surface area contributed by atoms with E-state index < -0.39 is 0 Å². The highest BCUT2D eigenvalue weighted by atomic mass is 16.3. The van der Waals surface area contributed by atoms with Crippen molar-refractivity contribution in [1.82, 2.24) is 20.2 Å². The van der Waals surface area contributed by atoms with E-state index in [1.54, 1.807) is 0 Å². The first-order valence-corrected chi connectivity index (χ1v) is 7.69. The summed E-state index contributed by atoms with van der Waals surface area (Å²) in [5.41, 5.74) is 5.19. The van der Waals surface area contributed by atoms with E-state index in [0.717, 1.165) is 47.3 Å². The topological polar surface area (TPSA) is 77.9 Å². The van der Waals surface area contributed by atoms with Gasteiger partial charge in [0.2, 0.25) is 5.95 Å². The number of nitrogens with zero attached hydrogens (tertiary/aromatic N) is 4. The molecule has 22 heavy (non-hydrogen) atoms. The SMILES string of the molecule is Cc1cc(C[C@@H]2CN(c3nc(C)c(C)c(C)n3)C[C@@H]2O)n[nH]1. The van der Waals surface area contributed by atoms with Crippen LogP contribution in [0.25, 0.3) is 0 Å². The Morgan fingerprint density at radius 1 is 1.18 bits per heavy atom. The molecular weight excluding hydrogens is 278 g/mol. The van der Waals surface area contributed by atoms with Gasteiger partial charge in [0.05, 0.1) is 11.8 Å². The monoisotopic (exact) mass is 301 g/mol. The molecule has 3 rings (SSSR count). The minimum atomic E-state index is -0.373. The minimum absolute atomic E-state index is 0.160. The highest BCUT2D eigenvalue weighted by molar-refractivity contribution is 5.38. The number of aromatic amines is 1. The Morgan fingerprint density at radius 2 is 1.86 bits per heavy atom. The third-order valence-corrected chi connectivity index (χ3v) is 4.54. The van der Waals surface area contributed by atoms with Crippen LogP contribution in [0.4, 0.5) is 5.95 Å². The maximum Gasteiger partial charge on any atom is 0.225 e. The van der Waals surface area contributed by atoms with Crippen LogP contribution in [0, 0.1) is 33.6 Å². The van der Waals surface area contributed by atoms with E-state index in [9.17, 15) is 5.11 Å². The Balaban J connectivity index is 1.75. The van der Waals surface area contributed by atoms with Crippen molar-refractivity contribution in [3.8, 4) is 0 Å². The normalized spacial score (nSPS) is 21.6. The number of β-amino-alcohol motifs (C(OH)–C–C–N with tert-alkyl or cyclic N) is 1. The lowest BCUT2D eigenvalue weighted by Gasteiger charge is -2.17. The summed E-state index contributed by atoms with van der Waals surface area (Å²) in [5.74, 6) is 0.883. The number of hydrogen-bond acceptors (Lipinski definition) is 5. The van der Waals surface area contributed by atoms with Crippen LogP contribution < -0.4 is 4.90 Å². The van der Waals surface area contributed by atoms with E-state index in [0.29, 0.717) is 6.54 Å². The van der Waals surface area contributed by atoms with Crippen molar-refractivity contribution in [3.63, 3.8) is 0 Å². The molecule has 2 atom stereocenters. The molecule has 0 aromatic carbocycles. The van der Waals surface area contributed by atoms with Gasteiger partial charge in [-0.15, -0.1) is 0 Å². The van der Waals surface area contributed by atoms with Gasteiger partial charge in [-0.3, -0.25) is 5.10 Å². The van der Waals surface area contributed by atoms with E-state index in [1.165, 1.54) is 0 Å². The van der Waals surface area contributed by atoms with Crippen molar-refractivity contribution < 1.29 is 5.11 Å². The van der Waals surface area contributed by atoms with Gasteiger partial charge in [0.25, 0.3) is 0 Å². The summed E-state index contributed by atoms with van der Waals surface area (Å²) in [4.78, 5) is 11.2. The largest absolute Gasteiger partial charge is 0.391 e. The molecule has 2 aromatic rings. The average molecular weight is 301 g/mol. The first kappa shape index (κ1) is 15.0. The average Bonchev–Trinajstić information content (AvgIpc) is 3.03. The second kappa shape index (κ2) is 5.68. The van der Waals surface area contributed by atoms with Crippen molar-refractivity contribution in [2.24, 2.45) is 5.92 Å². The van der Waals surface area contributed by atoms with Crippen molar-refractivity contribution in [3.05, 3.63) is 34.4 Å². The Labute approximate surface area is 130 Å². The van der Waals surface area contributed by atoms with Crippen LogP contribution in [0.3, 0.4) is 0 Å². The summed E-state index contributed by atoms with van der Waals surface area (Å²) in [6, 6.07) is 2.03. The maximum atomic E-state index is 10.3. The molecule has 0 spiro atoms. The van der Waals surface area contributed by atoms with Gasteiger partial charge >= 0.3 is 0 Å². The fourth-order valence-electron chi connectivity index (χ4n) is 2.96. The van der Waals surface area contributed by atoms with E-state index in [1.807, 2.05) is 33.8 Å². The molecule has 6 heteroatoms. The van der Waals surface area contributed by atoms with Crippen LogP contribution in [0.2, 0.25) is 0 Å². The van der Waals surface area contributed by atoms with Crippen LogP contribution in [0.15, 0.2) is 6.07 Å². The molecule has 0 amide bonds. The van der Waals surface area contributed by atoms with Gasteiger partial charge in [-0.1, -0.05) is 0 Å². The summed E-state index contributed by atoms with van der Waals surface area (Å²) in [6.45, 7) is 9.37. The number of aliphatic hydroxyl groups is 1. The lowest BCUT2D eigenvalue weighted by atomic mass is 10.0. The molecule has 118 valence electrons. The summed E-state index contributed by atoms with van der Waals surface area (Å²) < 4.78 is 0. The van der Waals surface area contributed by atoms with Crippen LogP contribution in [-0.4, -0.2) is 44.5 Å². The molecule has 1 saturated heterocycles. The molecule has 1 aliphatic heterocycles. The van der Waals surface area contributed by atoms with Crippen molar-refractivity contribution in [1.29, 1.82) is 0 Å². The maximum absolute atomic E-state index is 10.3. The predicted octanol–water partition coefficient (Wildman–Crippen LogP) is 1.47. The summed E-state index contributed by atoms with van der Waals surface area (Å²) in [6.07, 6.45) is 0.397. The second-order valence-electron chi connectivity index (χ2n) is 6.30. The molecule has 3 heterocycles. The zero-order valence-electron chi connectivity index (χ0n) is 13.6. The first-order chi connectivity index (χ1) is 10.4. The lowest BCUT2D eigenvalue weighted by Crippen LogP contribution is -2.24. The number of aryl methyl sites for hydroxylation is 3. The van der Waals surface area contributed by atoms with E-state index in [2.05, 4.69) is 25.1 Å². The Bertz CT molecular complexity index is 658. The van der Waals surface area contributed by atoms with Crippen LogP contribution in [-0.2, 0) is 6.42 Å². The third-order valence-electron chi connectivity index (χ3n) is 4.54. The summed E-state index contributed by atoms with van der Waals surface area (Å²) in [5, 5.41) is 17.6. The van der Waals surface area contributed by atoms with Gasteiger partial charge in [-0.25, -0.2) is 9.97 Å². The number of H-pyrrole nitrogens is 1. The van der Waals surface area contributed by atoms with E-state index >= 15 is 0 Å². The number of nitrogens with one attached hydrogen (secondary N) is 1. The Morgan fingerprint density at radius 3 is 2.45 bits per heavy atom. The van der Waals surface area contributed by atoms with E-state index in [-0.39, 0.29) is 12.0 Å². The highest BCUT2D eigenvalue weighted by Gasteiger charge is 2.33. The van der Waals surface area contributed by atoms with Crippen molar-refractivity contribution in [2.45, 2.75) is 40.2 Å². The fourth-order valence-corrected chi connectivity index (χ4v) is 2.96. The molecule has 6 nitrogen and oxygen atoms in total. The predicted molar refractivity (Wildman–Crippen MR) is 85.0 cm³/mol. The van der Waals surface area contributed by atoms with Gasteiger partial charge < -0.3 is 10.0 Å². The smallest absolute Gasteiger partial charge is 0.225 e. The lowest BCUT2D eigenvalue weighted by molar-refractivity contribution is 0.147. The first-order valence-electron chi connectivity index (χ1n) is 7.69. The molecule has 1 aliphatic rings. The zero-order valence-corrected chi connectivity index (χ0v) is 13.6. The van der Waals surface area contributed by atoms with Crippen LogP contribution >= 0.6 is 0 Å². The van der Waals surface area contributed by atoms with Gasteiger partial charge in [0, 0.05) is 36.1 Å². The van der Waals surface area contributed by atoms with E-state index in [4.69, 9.17) is 0 Å². The van der Waals surface area contributed by atoms with Gasteiger partial charge in [-0.2, -0.15) is 5.10 Å². The van der Waals surface area contributed by atoms with Gasteiger partial charge in [0.1, 0.15) is 0 Å². The van der Waals surface area contributed by atoms with Crippen molar-refractivity contribution >= 4 is 5.95 Å². The zero-order chi connectivity index (χ0) is 15.9. The number of aromatic nitrogens is 4. The van der Waals surface area contributed by atoms with Crippen molar-refractivity contribution in [2.75, 3.05) is 18.0 Å². The Hall–Kier alpha value is -1.95. The fraction of sp³-hybridized carbons (Fsp3) is 0.562. The number of rotatable bonds is 3. The highest BCUT2D eigenvalue weighted by Crippen LogP contribution is 2.25. The van der Waals surface area contributed by atoms with Crippen LogP contribution in [0.5, 0.6) is 0 Å². The van der Waals surface area contributed by atoms with Crippen LogP contribution in [0.1, 0.15) is 28.3 Å². The Kier molecular flexibility index (Phi) is 3.87. The standard InChI is InChI=1S/C16H23N5O/c1-9-5-14(20-19-9)6-13-7-21(8-15(13)22)16-17-11(3)10(2)12(4)18-16/h5,13,15,22H,6-8H2,1-4H3,(H,19,20)/t13-,15+/m1/s1. The summed E-state index contributed by atoms with van der Waals surface area (Å²) in [7, 11) is 0. The van der Waals surface area contributed by atoms with Gasteiger partial charge in [0.15, 0.2) is 0 Å². The molecule has 2 aromatic heterocycles. The summed E-state index contributed by atoms with van der Waals surface area (Å²) >= 11 is 0. The quantitative estimate of drug-likeness (QED) is 0.897. The molecule has 2 N–H and O–H groups in total. The number of hydrogen-bond donors (Lipinski definition) is 2. The number of anilines is 1. The molecular formula is C16H23N5O. The molecule has 0 aliphatic carbocycles. The minimum Gasteiger partial charge on any atom is -0.391 e. The molecule has 1 fully saturated rings.